The van der Waals surface area contributed by atoms with Crippen molar-refractivity contribution < 1.29 is 0 Å². The normalized spacial score (nSPS) is 2.00. The average Bonchev–Trinajstić information content (AvgIpc) is 0.918. The topological polar surface area (TPSA) is 0 Å². The van der Waals surface area contributed by atoms with Crippen molar-refractivity contribution in [1.82, 2.24) is 0 Å². The molecule has 0 aromatic carbocycles. The van der Waals surface area contributed by atoms with Crippen LogP contribution in [0.15, 0.2) is 0 Å². The molecule has 0 aliphatic heterocycles. The summed E-state index contributed by atoms with van der Waals surface area (Å²) in [6.07, 6.45) is 9.90. The van der Waals surface area contributed by atoms with Gasteiger partial charge in [-0.25, -0.2) is 0 Å². The van der Waals surface area contributed by atoms with Gasteiger partial charge in [-0.1, -0.05) is 0 Å². The number of hydrogen-bond acceptors (Lipinski definition) is 0. The molecule has 0 rings (SSSR count). The van der Waals surface area contributed by atoms with Gasteiger partial charge < -0.3 is 0 Å². The second kappa shape index (κ2) is 15.7. The third kappa shape index (κ3) is 19.2. The van der Waals surface area contributed by atoms with Gasteiger partial charge in [-0.3, -0.25) is 0 Å². The van der Waals surface area contributed by atoms with Crippen LogP contribution in [0.4, 0.5) is 0 Å². The zero-order valence-electron chi connectivity index (χ0n) is 1.87. The molecule has 0 fully saturated rings. The molecule has 0 amide bonds. The van der Waals surface area contributed by atoms with Gasteiger partial charge in [0, 0.05) is 0 Å². The molecule has 0 atom stereocenters. The van der Waals surface area contributed by atoms with Crippen LogP contribution in [0.5, 0.6) is 0 Å². The van der Waals surface area contributed by atoms with Crippen LogP contribution in [0.3, 0.4) is 0 Å². The van der Waals surface area contributed by atoms with Crippen LogP contribution in [0, 0.1) is 0 Å². The quantitative estimate of drug-likeness (QED) is 0.473. The van der Waals surface area contributed by atoms with E-state index < -0.39 is 30.8 Å². The van der Waals surface area contributed by atoms with Crippen molar-refractivity contribution in [2.24, 2.45) is 0 Å². The van der Waals surface area contributed by atoms with Crippen molar-refractivity contribution in [3.05, 3.63) is 0 Å². The summed E-state index contributed by atoms with van der Waals surface area (Å²) in [5.41, 5.74) is 0. The van der Waals surface area contributed by atoms with E-state index >= 15 is 0 Å². The molecule has 5 heteroatoms. The maximum absolute atomic E-state index is 4.95. The number of hydrogen-bond donors (Lipinski definition) is 0. The van der Waals surface area contributed by atoms with E-state index in [0.29, 0.717) is 0 Å². The van der Waals surface area contributed by atoms with E-state index in [1.165, 1.54) is 0 Å². The van der Waals surface area contributed by atoms with E-state index in [4.69, 9.17) is 12.8 Å². The summed E-state index contributed by atoms with van der Waals surface area (Å²) >= 11 is -0.931. The van der Waals surface area contributed by atoms with E-state index in [1.54, 1.807) is 0 Å². The Morgan fingerprint density at radius 2 is 1.20 bits per heavy atom. The van der Waals surface area contributed by atoms with Gasteiger partial charge in [-0.15, -0.1) is 12.4 Å². The summed E-state index contributed by atoms with van der Waals surface area (Å²) in [6, 6.07) is 0. The van der Waals surface area contributed by atoms with Gasteiger partial charge in [0.15, 0.2) is 0 Å². The van der Waals surface area contributed by atoms with Crippen molar-refractivity contribution in [3.8, 4) is 0 Å². The molecule has 0 saturated heterocycles. The Kier molecular flexibility index (Phi) is 49.3. The van der Waals surface area contributed by atoms with Gasteiger partial charge in [-0.05, 0) is 0 Å². The summed E-state index contributed by atoms with van der Waals surface area (Å²) in [7, 11) is 0. The minimum atomic E-state index is -0.931. The Bertz CT molecular complexity index is 6.85. The molecule has 0 aliphatic carbocycles. The Morgan fingerprint density at radius 3 is 1.20 bits per heavy atom. The Balaban J connectivity index is -0.0000000200. The monoisotopic (exact) mass is 170 g/mol. The molecule has 0 bridgehead atoms. The molecule has 0 aromatic heterocycles. The second-order valence-corrected chi connectivity index (χ2v) is 3.75. The van der Waals surface area contributed by atoms with Gasteiger partial charge in [0.25, 0.3) is 0 Å². The Labute approximate surface area is 83.4 Å². The predicted octanol–water partition coefficient (Wildman–Crippen LogP) is 0.771. The van der Waals surface area contributed by atoms with E-state index in [0.717, 1.165) is 0 Å². The van der Waals surface area contributed by atoms with Crippen molar-refractivity contribution in [2.45, 2.75) is 0 Å². The third-order valence-electron chi connectivity index (χ3n) is 0. The molecule has 0 N–H and O–H groups in total. The number of rotatable bonds is 0. The van der Waals surface area contributed by atoms with Crippen LogP contribution in [0.25, 0.3) is 0 Å². The molecule has 0 spiro atoms. The van der Waals surface area contributed by atoms with E-state index in [2.05, 4.69) is 0 Å². The summed E-state index contributed by atoms with van der Waals surface area (Å²) in [6.45, 7) is 0. The van der Waals surface area contributed by atoms with Crippen LogP contribution in [0.1, 0.15) is 0 Å². The molecular weight excluding hydrogens is 169 g/mol. The molecule has 0 heterocycles. The molecule has 0 nitrogen and oxygen atoms in total. The van der Waals surface area contributed by atoms with Crippen molar-refractivity contribution >= 4 is 85.6 Å². The van der Waals surface area contributed by atoms with Gasteiger partial charge in [-0.2, -0.15) is 0 Å². The van der Waals surface area contributed by atoms with Gasteiger partial charge in [0.05, 0.1) is 0 Å². The fourth-order valence-electron chi connectivity index (χ4n) is 0. The van der Waals surface area contributed by atoms with Crippen LogP contribution in [-0.4, -0.2) is 60.4 Å². The first kappa shape index (κ1) is 15.7. The molecule has 5 heavy (non-hydrogen) atoms. The SMILES string of the molecule is Cl.[Cl][Ca][Cl].[NaH]. The van der Waals surface area contributed by atoms with Gasteiger partial charge in [0.1, 0.15) is 0 Å². The molecule has 0 aromatic rings. The summed E-state index contributed by atoms with van der Waals surface area (Å²) in [5.74, 6) is 0. The number of halogens is 3. The predicted molar refractivity (Wildman–Crippen MR) is 31.9 cm³/mol. The van der Waals surface area contributed by atoms with Crippen LogP contribution in [-0.2, 0) is 0 Å². The van der Waals surface area contributed by atoms with E-state index in [9.17, 15) is 0 Å². The standard InChI is InChI=1S/Ca.3ClH.Na.H/h;3*1H;;/q+2;;;;;/p-2. The summed E-state index contributed by atoms with van der Waals surface area (Å²) in [5, 5.41) is 0. The van der Waals surface area contributed by atoms with Gasteiger partial charge >= 0.3 is 73.2 Å². The van der Waals surface area contributed by atoms with Crippen molar-refractivity contribution in [2.75, 3.05) is 0 Å². The van der Waals surface area contributed by atoms with E-state index in [1.807, 2.05) is 0 Å². The first-order chi connectivity index (χ1) is 1.41. The van der Waals surface area contributed by atoms with Gasteiger partial charge in [0.2, 0.25) is 0 Å². The zero-order chi connectivity index (χ0) is 2.71. The second-order valence-electron chi connectivity index (χ2n) is 0.101. The van der Waals surface area contributed by atoms with Crippen LogP contribution < -0.4 is 0 Å². The summed E-state index contributed by atoms with van der Waals surface area (Å²) < 4.78 is 0. The minimum absolute atomic E-state index is 0. The zero-order valence-corrected chi connectivity index (χ0v) is 6.41. The van der Waals surface area contributed by atoms with Crippen LogP contribution >= 0.6 is 25.2 Å². The van der Waals surface area contributed by atoms with Crippen molar-refractivity contribution in [3.63, 3.8) is 0 Å². The summed E-state index contributed by atoms with van der Waals surface area (Å²) in [4.78, 5) is 0. The van der Waals surface area contributed by atoms with E-state index in [-0.39, 0.29) is 42.0 Å². The average molecular weight is 171 g/mol. The fraction of sp³-hybridized carbons (Fsp3) is 0. The van der Waals surface area contributed by atoms with Crippen LogP contribution in [0.2, 0.25) is 0 Å². The molecule has 0 radical (unpaired) electrons. The molecule has 0 aliphatic rings. The maximum atomic E-state index is 4.95. The van der Waals surface area contributed by atoms with Crippen molar-refractivity contribution in [1.29, 1.82) is 0 Å². The Hall–Kier alpha value is 3.13. The fourth-order valence-corrected chi connectivity index (χ4v) is 0. The Morgan fingerprint density at radius 1 is 1.20 bits per heavy atom. The molecule has 0 unspecified atom stereocenters. The third-order valence-corrected chi connectivity index (χ3v) is 0. The first-order valence-electron chi connectivity index (χ1n) is 0.535. The molecule has 0 saturated carbocycles. The molecule has 26 valence electrons. The molecular formula is H2CaCl3Na. The first-order valence-corrected chi connectivity index (χ1v) is 6.61.